The Morgan fingerprint density at radius 1 is 1.38 bits per heavy atom. The van der Waals surface area contributed by atoms with Gasteiger partial charge in [0.1, 0.15) is 5.82 Å². The smallest absolute Gasteiger partial charge is 0.124 e. The summed E-state index contributed by atoms with van der Waals surface area (Å²) in [6, 6.07) is 8.82. The minimum Gasteiger partial charge on any atom is -0.207 e. The fourth-order valence-electron chi connectivity index (χ4n) is 1.47. The summed E-state index contributed by atoms with van der Waals surface area (Å²) < 4.78 is 13.8. The molecule has 0 amide bonds. The van der Waals surface area contributed by atoms with Gasteiger partial charge in [0, 0.05) is 14.9 Å². The SMILES string of the molecule is Fc1ccc(C(Cl)Cc2cccs2)c(I)c1. The van der Waals surface area contributed by atoms with Crippen molar-refractivity contribution in [2.24, 2.45) is 0 Å². The van der Waals surface area contributed by atoms with Gasteiger partial charge in [-0.25, -0.2) is 4.39 Å². The Morgan fingerprint density at radius 3 is 2.81 bits per heavy atom. The molecule has 0 N–H and O–H groups in total. The highest BCUT2D eigenvalue weighted by atomic mass is 127. The standard InChI is InChI=1S/C12H9ClFIS/c13-11(7-9-2-1-5-16-9)10-4-3-8(14)6-12(10)15/h1-6,11H,7H2. The summed E-state index contributed by atoms with van der Waals surface area (Å²) in [4.78, 5) is 1.25. The van der Waals surface area contributed by atoms with E-state index >= 15 is 0 Å². The first-order chi connectivity index (χ1) is 7.66. The molecule has 16 heavy (non-hydrogen) atoms. The molecule has 0 bridgehead atoms. The van der Waals surface area contributed by atoms with E-state index in [1.165, 1.54) is 17.0 Å². The van der Waals surface area contributed by atoms with Crippen LogP contribution in [0.1, 0.15) is 15.8 Å². The van der Waals surface area contributed by atoms with Gasteiger partial charge in [-0.1, -0.05) is 12.1 Å². The number of benzene rings is 1. The minimum absolute atomic E-state index is 0.0915. The second-order valence-corrected chi connectivity index (χ2v) is 6.14. The molecular weight excluding hydrogens is 358 g/mol. The summed E-state index contributed by atoms with van der Waals surface area (Å²) in [5.74, 6) is -0.215. The molecule has 0 radical (unpaired) electrons. The monoisotopic (exact) mass is 366 g/mol. The van der Waals surface area contributed by atoms with Crippen molar-refractivity contribution in [2.75, 3.05) is 0 Å². The molecule has 4 heteroatoms. The van der Waals surface area contributed by atoms with Gasteiger partial charge in [0.2, 0.25) is 0 Å². The first kappa shape index (κ1) is 12.3. The number of hydrogen-bond acceptors (Lipinski definition) is 1. The first-order valence-corrected chi connectivity index (χ1v) is 7.17. The quantitative estimate of drug-likeness (QED) is 0.529. The Hall–Kier alpha value is -0.130. The highest BCUT2D eigenvalue weighted by Gasteiger charge is 2.13. The van der Waals surface area contributed by atoms with Gasteiger partial charge in [-0.2, -0.15) is 0 Å². The van der Waals surface area contributed by atoms with E-state index in [1.54, 1.807) is 17.4 Å². The molecule has 84 valence electrons. The van der Waals surface area contributed by atoms with Crippen LogP contribution < -0.4 is 0 Å². The Morgan fingerprint density at radius 2 is 2.19 bits per heavy atom. The molecule has 1 aromatic carbocycles. The maximum atomic E-state index is 12.9. The number of thiophene rings is 1. The van der Waals surface area contributed by atoms with E-state index in [0.717, 1.165) is 15.6 Å². The molecule has 1 atom stereocenters. The van der Waals surface area contributed by atoms with Crippen molar-refractivity contribution < 1.29 is 4.39 Å². The van der Waals surface area contributed by atoms with Crippen molar-refractivity contribution in [3.05, 3.63) is 55.5 Å². The summed E-state index contributed by atoms with van der Waals surface area (Å²) in [5.41, 5.74) is 0.997. The van der Waals surface area contributed by atoms with E-state index in [4.69, 9.17) is 11.6 Å². The normalized spacial score (nSPS) is 12.7. The molecule has 0 saturated heterocycles. The predicted octanol–water partition coefficient (Wildman–Crippen LogP) is 5.01. The zero-order valence-electron chi connectivity index (χ0n) is 8.29. The van der Waals surface area contributed by atoms with Crippen molar-refractivity contribution in [3.63, 3.8) is 0 Å². The third kappa shape index (κ3) is 2.96. The predicted molar refractivity (Wildman–Crippen MR) is 75.7 cm³/mol. The van der Waals surface area contributed by atoms with E-state index in [-0.39, 0.29) is 11.2 Å². The van der Waals surface area contributed by atoms with Gasteiger partial charge in [0.25, 0.3) is 0 Å². The second kappa shape index (κ2) is 5.47. The van der Waals surface area contributed by atoms with E-state index in [9.17, 15) is 4.39 Å². The van der Waals surface area contributed by atoms with E-state index < -0.39 is 0 Å². The molecule has 2 aromatic rings. The number of alkyl halides is 1. The molecule has 0 aliphatic heterocycles. The number of hydrogen-bond donors (Lipinski definition) is 0. The van der Waals surface area contributed by atoms with Gasteiger partial charge in [0.15, 0.2) is 0 Å². The minimum atomic E-state index is -0.215. The number of rotatable bonds is 3. The lowest BCUT2D eigenvalue weighted by atomic mass is 10.1. The Bertz CT molecular complexity index is 470. The Kier molecular flexibility index (Phi) is 4.21. The van der Waals surface area contributed by atoms with Crippen LogP contribution in [-0.4, -0.2) is 0 Å². The molecule has 2 rings (SSSR count). The summed E-state index contributed by atoms with van der Waals surface area (Å²) in [6.07, 6.45) is 0.793. The second-order valence-electron chi connectivity index (χ2n) is 3.42. The highest BCUT2D eigenvalue weighted by molar-refractivity contribution is 14.1. The van der Waals surface area contributed by atoms with Crippen LogP contribution >= 0.6 is 45.5 Å². The largest absolute Gasteiger partial charge is 0.207 e. The first-order valence-electron chi connectivity index (χ1n) is 4.78. The summed E-state index contributed by atoms with van der Waals surface area (Å²) >= 11 is 10.2. The maximum absolute atomic E-state index is 12.9. The highest BCUT2D eigenvalue weighted by Crippen LogP contribution is 2.30. The zero-order valence-corrected chi connectivity index (χ0v) is 12.0. The van der Waals surface area contributed by atoms with Crippen LogP contribution in [0.2, 0.25) is 0 Å². The van der Waals surface area contributed by atoms with Gasteiger partial charge in [-0.05, 0) is 51.7 Å². The molecule has 0 aliphatic carbocycles. The summed E-state index contributed by atoms with van der Waals surface area (Å²) in [7, 11) is 0. The maximum Gasteiger partial charge on any atom is 0.124 e. The van der Waals surface area contributed by atoms with Gasteiger partial charge >= 0.3 is 0 Å². The van der Waals surface area contributed by atoms with E-state index in [2.05, 4.69) is 28.7 Å². The lowest BCUT2D eigenvalue weighted by molar-refractivity contribution is 0.625. The van der Waals surface area contributed by atoms with Crippen LogP contribution in [0, 0.1) is 9.39 Å². The molecule has 0 aliphatic rings. The lowest BCUT2D eigenvalue weighted by Gasteiger charge is -2.10. The van der Waals surface area contributed by atoms with Gasteiger partial charge in [0.05, 0.1) is 5.38 Å². The molecule has 0 spiro atoms. The summed E-state index contributed by atoms with van der Waals surface area (Å²) in [6.45, 7) is 0. The molecule has 0 nitrogen and oxygen atoms in total. The molecule has 1 heterocycles. The Labute approximate surface area is 117 Å². The van der Waals surface area contributed by atoms with Crippen molar-refractivity contribution in [1.29, 1.82) is 0 Å². The van der Waals surface area contributed by atoms with Gasteiger partial charge < -0.3 is 0 Å². The average Bonchev–Trinajstić information content (AvgIpc) is 2.70. The van der Waals surface area contributed by atoms with E-state index in [1.807, 2.05) is 11.4 Å². The molecule has 0 fully saturated rings. The Balaban J connectivity index is 2.17. The van der Waals surface area contributed by atoms with Crippen LogP contribution in [-0.2, 0) is 6.42 Å². The molecule has 1 aromatic heterocycles. The van der Waals surface area contributed by atoms with Gasteiger partial charge in [-0.3, -0.25) is 0 Å². The summed E-state index contributed by atoms with van der Waals surface area (Å²) in [5, 5.41) is 1.94. The third-order valence-corrected chi connectivity index (χ3v) is 4.48. The molecule has 0 saturated carbocycles. The van der Waals surface area contributed by atoms with Crippen molar-refractivity contribution >= 4 is 45.5 Å². The molecule has 1 unspecified atom stereocenters. The van der Waals surface area contributed by atoms with Gasteiger partial charge in [-0.15, -0.1) is 22.9 Å². The van der Waals surface area contributed by atoms with Crippen LogP contribution in [0.3, 0.4) is 0 Å². The van der Waals surface area contributed by atoms with Crippen molar-refractivity contribution in [3.8, 4) is 0 Å². The number of halogens is 3. The van der Waals surface area contributed by atoms with E-state index in [0.29, 0.717) is 0 Å². The van der Waals surface area contributed by atoms with Crippen molar-refractivity contribution in [2.45, 2.75) is 11.8 Å². The van der Waals surface area contributed by atoms with Crippen LogP contribution in [0.25, 0.3) is 0 Å². The molecular formula is C12H9ClFIS. The van der Waals surface area contributed by atoms with Crippen LogP contribution in [0.4, 0.5) is 4.39 Å². The van der Waals surface area contributed by atoms with Crippen molar-refractivity contribution in [1.82, 2.24) is 0 Å². The lowest BCUT2D eigenvalue weighted by Crippen LogP contribution is -1.97. The van der Waals surface area contributed by atoms with Crippen LogP contribution in [0.15, 0.2) is 35.7 Å². The average molecular weight is 367 g/mol. The van der Waals surface area contributed by atoms with Crippen LogP contribution in [0.5, 0.6) is 0 Å². The third-order valence-electron chi connectivity index (χ3n) is 2.26. The topological polar surface area (TPSA) is 0 Å². The fraction of sp³-hybridized carbons (Fsp3) is 0.167. The fourth-order valence-corrected chi connectivity index (χ4v) is 3.71. The zero-order chi connectivity index (χ0) is 11.5.